The number of hydrogen-bond acceptors (Lipinski definition) is 6. The number of nitrogens with one attached hydrogen (secondary N) is 1. The number of tetrazole rings is 1. The van der Waals surface area contributed by atoms with E-state index in [1.54, 1.807) is 4.68 Å². The van der Waals surface area contributed by atoms with Gasteiger partial charge in [0.25, 0.3) is 0 Å². The molecule has 0 amide bonds. The van der Waals surface area contributed by atoms with Gasteiger partial charge in [0, 0.05) is 19.7 Å². The first kappa shape index (κ1) is 19.3. The number of rotatable bonds is 7. The summed E-state index contributed by atoms with van der Waals surface area (Å²) >= 11 is 0. The number of halogens is 1. The van der Waals surface area contributed by atoms with Gasteiger partial charge in [0.15, 0.2) is 0 Å². The Kier molecular flexibility index (Phi) is 6.75. The van der Waals surface area contributed by atoms with Crippen molar-refractivity contribution < 1.29 is 9.47 Å². The summed E-state index contributed by atoms with van der Waals surface area (Å²) in [5.41, 5.74) is 1.99. The van der Waals surface area contributed by atoms with Crippen molar-refractivity contribution in [3.05, 3.63) is 60.2 Å². The summed E-state index contributed by atoms with van der Waals surface area (Å²) in [6, 6.07) is 17.9. The van der Waals surface area contributed by atoms with Crippen molar-refractivity contribution in [2.75, 3.05) is 13.2 Å². The Morgan fingerprint density at radius 1 is 1.15 bits per heavy atom. The number of ether oxygens (including phenoxy) is 2. The Morgan fingerprint density at radius 3 is 2.85 bits per heavy atom. The van der Waals surface area contributed by atoms with Crippen molar-refractivity contribution in [2.45, 2.75) is 25.5 Å². The highest BCUT2D eigenvalue weighted by molar-refractivity contribution is 5.85. The fraction of sp³-hybridized carbons (Fsp3) is 0.316. The predicted octanol–water partition coefficient (Wildman–Crippen LogP) is 3.15. The number of aromatic nitrogens is 4. The maximum Gasteiger partial charge on any atom is 0.345 e. The third-order valence-corrected chi connectivity index (χ3v) is 4.27. The lowest BCUT2D eigenvalue weighted by molar-refractivity contribution is 0.110. The van der Waals surface area contributed by atoms with Gasteiger partial charge < -0.3 is 14.8 Å². The first-order valence-corrected chi connectivity index (χ1v) is 8.81. The van der Waals surface area contributed by atoms with Crippen molar-refractivity contribution in [1.82, 2.24) is 25.5 Å². The number of nitrogens with zero attached hydrogens (tertiary/aromatic N) is 4. The van der Waals surface area contributed by atoms with E-state index in [0.717, 1.165) is 43.8 Å². The van der Waals surface area contributed by atoms with Crippen LogP contribution in [0.1, 0.15) is 18.4 Å². The maximum absolute atomic E-state index is 5.90. The summed E-state index contributed by atoms with van der Waals surface area (Å²) in [7, 11) is 0. The molecule has 2 aromatic carbocycles. The van der Waals surface area contributed by atoms with Gasteiger partial charge >= 0.3 is 6.01 Å². The summed E-state index contributed by atoms with van der Waals surface area (Å²) in [5.74, 6) is 0.702. The van der Waals surface area contributed by atoms with E-state index < -0.39 is 0 Å². The molecular weight excluding hydrogens is 366 g/mol. The van der Waals surface area contributed by atoms with Crippen molar-refractivity contribution >= 4 is 12.4 Å². The van der Waals surface area contributed by atoms with Crippen LogP contribution in [0, 0.1) is 0 Å². The van der Waals surface area contributed by atoms with Crippen LogP contribution in [0.2, 0.25) is 0 Å². The zero-order chi connectivity index (χ0) is 17.6. The van der Waals surface area contributed by atoms with Crippen molar-refractivity contribution in [3.8, 4) is 17.4 Å². The molecule has 0 spiro atoms. The topological polar surface area (TPSA) is 74.1 Å². The van der Waals surface area contributed by atoms with Gasteiger partial charge in [0.05, 0.1) is 11.8 Å². The summed E-state index contributed by atoms with van der Waals surface area (Å²) < 4.78 is 13.1. The second-order valence-electron chi connectivity index (χ2n) is 6.22. The Bertz CT molecular complexity index is 837. The molecule has 1 N–H and O–H groups in total. The molecule has 1 saturated heterocycles. The number of para-hydroxylation sites is 1. The van der Waals surface area contributed by atoms with Gasteiger partial charge in [0.1, 0.15) is 5.75 Å². The minimum absolute atomic E-state index is 0. The lowest BCUT2D eigenvalue weighted by Gasteiger charge is -2.11. The molecule has 0 aliphatic carbocycles. The Morgan fingerprint density at radius 2 is 2.04 bits per heavy atom. The number of hydrogen-bond donors (Lipinski definition) is 1. The third-order valence-electron chi connectivity index (χ3n) is 4.27. The minimum atomic E-state index is 0. The maximum atomic E-state index is 5.90. The van der Waals surface area contributed by atoms with E-state index in [2.05, 4.69) is 26.9 Å². The molecule has 142 valence electrons. The van der Waals surface area contributed by atoms with Crippen LogP contribution in [0.3, 0.4) is 0 Å². The highest BCUT2D eigenvalue weighted by atomic mass is 35.5. The van der Waals surface area contributed by atoms with E-state index >= 15 is 0 Å². The van der Waals surface area contributed by atoms with E-state index in [1.807, 2.05) is 48.5 Å². The van der Waals surface area contributed by atoms with Crippen molar-refractivity contribution in [3.63, 3.8) is 0 Å². The Labute approximate surface area is 164 Å². The van der Waals surface area contributed by atoms with Gasteiger partial charge in [0.2, 0.25) is 0 Å². The van der Waals surface area contributed by atoms with E-state index in [1.165, 1.54) is 0 Å². The highest BCUT2D eigenvalue weighted by Gasteiger charge is 2.14. The molecule has 4 rings (SSSR count). The lowest BCUT2D eigenvalue weighted by Crippen LogP contribution is -2.25. The molecule has 1 aromatic heterocycles. The molecule has 3 aromatic rings. The van der Waals surface area contributed by atoms with Crippen molar-refractivity contribution in [2.24, 2.45) is 0 Å². The average molecular weight is 388 g/mol. The van der Waals surface area contributed by atoms with E-state index in [4.69, 9.17) is 9.47 Å². The molecule has 8 heteroatoms. The van der Waals surface area contributed by atoms with Gasteiger partial charge in [-0.05, 0) is 53.1 Å². The summed E-state index contributed by atoms with van der Waals surface area (Å²) in [6.45, 7) is 2.52. The van der Waals surface area contributed by atoms with Crippen LogP contribution in [-0.2, 0) is 11.3 Å². The molecule has 1 atom stereocenters. The molecule has 1 unspecified atom stereocenters. The van der Waals surface area contributed by atoms with Crippen LogP contribution in [0.15, 0.2) is 54.6 Å². The van der Waals surface area contributed by atoms with Crippen LogP contribution < -0.4 is 10.1 Å². The number of benzene rings is 2. The molecule has 7 nitrogen and oxygen atoms in total. The normalized spacial score (nSPS) is 16.1. The van der Waals surface area contributed by atoms with Gasteiger partial charge in [-0.3, -0.25) is 0 Å². The van der Waals surface area contributed by atoms with Gasteiger partial charge in [-0.15, -0.1) is 12.4 Å². The van der Waals surface area contributed by atoms with Crippen LogP contribution >= 0.6 is 12.4 Å². The van der Waals surface area contributed by atoms with E-state index in [0.29, 0.717) is 17.9 Å². The van der Waals surface area contributed by atoms with E-state index in [9.17, 15) is 0 Å². The quantitative estimate of drug-likeness (QED) is 0.671. The van der Waals surface area contributed by atoms with Crippen LogP contribution in [-0.4, -0.2) is 39.5 Å². The first-order valence-electron chi connectivity index (χ1n) is 8.81. The molecule has 1 aliphatic rings. The van der Waals surface area contributed by atoms with Crippen LogP contribution in [0.25, 0.3) is 5.69 Å². The second kappa shape index (κ2) is 9.45. The molecule has 2 heterocycles. The summed E-state index contributed by atoms with van der Waals surface area (Å²) in [5, 5.41) is 15.1. The Hall–Kier alpha value is -2.48. The largest absolute Gasteiger partial charge is 0.423 e. The molecule has 1 aliphatic heterocycles. The summed E-state index contributed by atoms with van der Waals surface area (Å²) in [6.07, 6.45) is 2.63. The zero-order valence-electron chi connectivity index (χ0n) is 14.8. The molecule has 0 saturated carbocycles. The van der Waals surface area contributed by atoms with Crippen LogP contribution in [0.4, 0.5) is 0 Å². The molecule has 1 fully saturated rings. The smallest absolute Gasteiger partial charge is 0.345 e. The molecular formula is C19H22ClN5O2. The first-order chi connectivity index (χ1) is 12.9. The molecule has 0 bridgehead atoms. The van der Waals surface area contributed by atoms with Crippen molar-refractivity contribution in [1.29, 1.82) is 0 Å². The predicted molar refractivity (Wildman–Crippen MR) is 104 cm³/mol. The fourth-order valence-corrected chi connectivity index (χ4v) is 2.98. The second-order valence-corrected chi connectivity index (χ2v) is 6.22. The summed E-state index contributed by atoms with van der Waals surface area (Å²) in [4.78, 5) is 0. The highest BCUT2D eigenvalue weighted by Crippen LogP contribution is 2.22. The van der Waals surface area contributed by atoms with Crippen LogP contribution in [0.5, 0.6) is 11.8 Å². The SMILES string of the molecule is Cl.c1ccc(-n2nnnc2Oc2cccc(CNCC3CCCO3)c2)cc1. The monoisotopic (exact) mass is 387 g/mol. The average Bonchev–Trinajstić information content (AvgIpc) is 3.35. The zero-order valence-corrected chi connectivity index (χ0v) is 15.6. The van der Waals surface area contributed by atoms with E-state index in [-0.39, 0.29) is 12.4 Å². The minimum Gasteiger partial charge on any atom is -0.423 e. The Balaban J connectivity index is 0.00000210. The molecule has 27 heavy (non-hydrogen) atoms. The van der Waals surface area contributed by atoms with Gasteiger partial charge in [-0.2, -0.15) is 4.68 Å². The standard InChI is InChI=1S/C19H21N5O2.ClH/c1-2-7-16(8-3-1)24-19(21-22-23-24)26-17-9-4-6-15(12-17)13-20-14-18-10-5-11-25-18;/h1-4,6-9,12,18,20H,5,10-11,13-14H2;1H. The third kappa shape index (κ3) is 5.03. The van der Waals surface area contributed by atoms with Gasteiger partial charge in [-0.1, -0.05) is 35.4 Å². The van der Waals surface area contributed by atoms with Gasteiger partial charge in [-0.25, -0.2) is 0 Å². The lowest BCUT2D eigenvalue weighted by atomic mass is 10.2. The molecule has 0 radical (unpaired) electrons. The fourth-order valence-electron chi connectivity index (χ4n) is 2.98.